The average Bonchev–Trinajstić information content (AvgIpc) is 2.95. The van der Waals surface area contributed by atoms with E-state index >= 15 is 0 Å². The molecular weight excluding hydrogens is 288 g/mol. The molecule has 0 fully saturated rings. The number of benzene rings is 2. The highest BCUT2D eigenvalue weighted by atomic mass is 16.3. The van der Waals surface area contributed by atoms with Crippen molar-refractivity contribution in [3.05, 3.63) is 60.7 Å². The second-order valence-electron chi connectivity index (χ2n) is 5.47. The fraction of sp³-hybridized carbons (Fsp3) is 0.211. The number of amides is 1. The van der Waals surface area contributed by atoms with Gasteiger partial charge in [0.25, 0.3) is 0 Å². The lowest BCUT2D eigenvalue weighted by Crippen LogP contribution is -2.29. The third-order valence-corrected chi connectivity index (χ3v) is 3.84. The Balaban J connectivity index is 1.95. The van der Waals surface area contributed by atoms with Crippen LogP contribution >= 0.6 is 0 Å². The molecule has 0 bridgehead atoms. The number of hydrogen-bond donors (Lipinski definition) is 2. The number of nitrogens with zero attached hydrogens (tertiary/aromatic N) is 1. The maximum Gasteiger partial charge on any atom is 0.239 e. The zero-order valence-electron chi connectivity index (χ0n) is 12.9. The number of nitrogens with one attached hydrogen (secondary N) is 1. The van der Waals surface area contributed by atoms with Gasteiger partial charge in [-0.2, -0.15) is 0 Å². The van der Waals surface area contributed by atoms with E-state index < -0.39 is 0 Å². The molecule has 3 aromatic rings. The smallest absolute Gasteiger partial charge is 0.239 e. The highest BCUT2D eigenvalue weighted by Gasteiger charge is 2.13. The van der Waals surface area contributed by atoms with Gasteiger partial charge in [-0.05, 0) is 24.1 Å². The van der Waals surface area contributed by atoms with Crippen LogP contribution in [0.2, 0.25) is 0 Å². The van der Waals surface area contributed by atoms with Gasteiger partial charge in [-0.1, -0.05) is 48.5 Å². The molecule has 0 spiro atoms. The Hall–Kier alpha value is -2.59. The Morgan fingerprint density at radius 3 is 2.57 bits per heavy atom. The van der Waals surface area contributed by atoms with Crippen molar-refractivity contribution >= 4 is 16.8 Å². The quantitative estimate of drug-likeness (QED) is 0.688. The summed E-state index contributed by atoms with van der Waals surface area (Å²) in [4.78, 5) is 12.2. The van der Waals surface area contributed by atoms with Crippen LogP contribution < -0.4 is 5.32 Å². The van der Waals surface area contributed by atoms with Gasteiger partial charge in [-0.3, -0.25) is 4.79 Å². The van der Waals surface area contributed by atoms with E-state index in [2.05, 4.69) is 17.4 Å². The number of para-hydroxylation sites is 1. The number of fused-ring (bicyclic) bond motifs is 1. The molecule has 4 heteroatoms. The van der Waals surface area contributed by atoms with Crippen molar-refractivity contribution in [3.63, 3.8) is 0 Å². The number of aliphatic hydroxyl groups excluding tert-OH is 1. The molecule has 0 radical (unpaired) electrons. The fourth-order valence-electron chi connectivity index (χ4n) is 2.74. The molecule has 3 rings (SSSR count). The van der Waals surface area contributed by atoms with Gasteiger partial charge in [0.05, 0.1) is 0 Å². The molecule has 0 aliphatic carbocycles. The van der Waals surface area contributed by atoms with E-state index in [4.69, 9.17) is 5.11 Å². The molecule has 0 saturated carbocycles. The summed E-state index contributed by atoms with van der Waals surface area (Å²) in [6, 6.07) is 20.3. The summed E-state index contributed by atoms with van der Waals surface area (Å²) in [5, 5.41) is 12.8. The SMILES string of the molecule is O=C(Cn1c(-c2ccccc2)cc2ccccc21)NCCCO. The Labute approximate surface area is 135 Å². The van der Waals surface area contributed by atoms with Crippen molar-refractivity contribution in [1.82, 2.24) is 9.88 Å². The molecule has 1 heterocycles. The van der Waals surface area contributed by atoms with Gasteiger partial charge in [0.2, 0.25) is 5.91 Å². The molecule has 0 aliphatic heterocycles. The van der Waals surface area contributed by atoms with Gasteiger partial charge >= 0.3 is 0 Å². The molecule has 2 N–H and O–H groups in total. The number of aliphatic hydroxyl groups is 1. The molecule has 23 heavy (non-hydrogen) atoms. The van der Waals surface area contributed by atoms with Crippen LogP contribution in [0.4, 0.5) is 0 Å². The van der Waals surface area contributed by atoms with E-state index in [-0.39, 0.29) is 19.1 Å². The van der Waals surface area contributed by atoms with E-state index in [1.165, 1.54) is 0 Å². The lowest BCUT2D eigenvalue weighted by Gasteiger charge is -2.11. The van der Waals surface area contributed by atoms with Crippen LogP contribution in [0.5, 0.6) is 0 Å². The third kappa shape index (κ3) is 3.43. The standard InChI is InChI=1S/C19H20N2O2/c22-12-6-11-20-19(23)14-21-17-10-5-4-9-16(17)13-18(21)15-7-2-1-3-8-15/h1-5,7-10,13,22H,6,11-12,14H2,(H,20,23). The number of carbonyl (C=O) groups excluding carboxylic acids is 1. The molecule has 0 saturated heterocycles. The van der Waals surface area contributed by atoms with E-state index in [9.17, 15) is 4.79 Å². The second-order valence-corrected chi connectivity index (χ2v) is 5.47. The first-order valence-corrected chi connectivity index (χ1v) is 7.81. The monoisotopic (exact) mass is 308 g/mol. The Morgan fingerprint density at radius 2 is 1.78 bits per heavy atom. The lowest BCUT2D eigenvalue weighted by molar-refractivity contribution is -0.121. The van der Waals surface area contributed by atoms with Crippen LogP contribution in [0.25, 0.3) is 22.2 Å². The van der Waals surface area contributed by atoms with Gasteiger partial charge in [-0.25, -0.2) is 0 Å². The molecule has 2 aromatic carbocycles. The average molecular weight is 308 g/mol. The predicted octanol–water partition coefficient (Wildman–Crippen LogP) is 2.81. The van der Waals surface area contributed by atoms with Crippen molar-refractivity contribution in [1.29, 1.82) is 0 Å². The fourth-order valence-corrected chi connectivity index (χ4v) is 2.74. The van der Waals surface area contributed by atoms with Crippen LogP contribution in [-0.4, -0.2) is 28.7 Å². The second kappa shape index (κ2) is 7.11. The number of aromatic nitrogens is 1. The van der Waals surface area contributed by atoms with Crippen LogP contribution in [0.15, 0.2) is 60.7 Å². The van der Waals surface area contributed by atoms with Gasteiger partial charge < -0.3 is 15.0 Å². The van der Waals surface area contributed by atoms with Crippen LogP contribution in [0.3, 0.4) is 0 Å². The van der Waals surface area contributed by atoms with Crippen molar-refractivity contribution in [2.75, 3.05) is 13.2 Å². The Morgan fingerprint density at radius 1 is 1.04 bits per heavy atom. The predicted molar refractivity (Wildman–Crippen MR) is 92.1 cm³/mol. The summed E-state index contributed by atoms with van der Waals surface area (Å²) >= 11 is 0. The molecule has 0 unspecified atom stereocenters. The summed E-state index contributed by atoms with van der Waals surface area (Å²) in [5.74, 6) is -0.0445. The molecular formula is C19H20N2O2. The zero-order chi connectivity index (χ0) is 16.1. The zero-order valence-corrected chi connectivity index (χ0v) is 12.9. The number of rotatable bonds is 6. The van der Waals surface area contributed by atoms with Crippen LogP contribution in [-0.2, 0) is 11.3 Å². The first-order chi connectivity index (χ1) is 11.3. The van der Waals surface area contributed by atoms with E-state index in [1.54, 1.807) is 0 Å². The molecule has 118 valence electrons. The topological polar surface area (TPSA) is 54.3 Å². The highest BCUT2D eigenvalue weighted by molar-refractivity contribution is 5.89. The van der Waals surface area contributed by atoms with Crippen LogP contribution in [0.1, 0.15) is 6.42 Å². The molecule has 0 atom stereocenters. The maximum absolute atomic E-state index is 12.2. The highest BCUT2D eigenvalue weighted by Crippen LogP contribution is 2.28. The minimum absolute atomic E-state index is 0.0445. The summed E-state index contributed by atoms with van der Waals surface area (Å²) < 4.78 is 2.04. The van der Waals surface area contributed by atoms with Crippen molar-refractivity contribution < 1.29 is 9.90 Å². The van der Waals surface area contributed by atoms with Crippen molar-refractivity contribution in [2.24, 2.45) is 0 Å². The Bertz CT molecular complexity index is 793. The van der Waals surface area contributed by atoms with Crippen molar-refractivity contribution in [3.8, 4) is 11.3 Å². The third-order valence-electron chi connectivity index (χ3n) is 3.84. The Kier molecular flexibility index (Phi) is 4.74. The van der Waals surface area contributed by atoms with Crippen LogP contribution in [0, 0.1) is 0 Å². The summed E-state index contributed by atoms with van der Waals surface area (Å²) in [5.41, 5.74) is 3.17. The van der Waals surface area contributed by atoms with Gasteiger partial charge in [0.1, 0.15) is 6.54 Å². The first-order valence-electron chi connectivity index (χ1n) is 7.81. The maximum atomic E-state index is 12.2. The van der Waals surface area contributed by atoms with Crippen molar-refractivity contribution in [2.45, 2.75) is 13.0 Å². The lowest BCUT2D eigenvalue weighted by atomic mass is 10.1. The summed E-state index contributed by atoms with van der Waals surface area (Å²) in [7, 11) is 0. The van der Waals surface area contributed by atoms with E-state index in [1.807, 2.05) is 53.1 Å². The largest absolute Gasteiger partial charge is 0.396 e. The first kappa shape index (κ1) is 15.3. The van der Waals surface area contributed by atoms with E-state index in [0.29, 0.717) is 13.0 Å². The number of carbonyl (C=O) groups is 1. The minimum Gasteiger partial charge on any atom is -0.396 e. The van der Waals surface area contributed by atoms with E-state index in [0.717, 1.165) is 22.2 Å². The molecule has 1 amide bonds. The summed E-state index contributed by atoms with van der Waals surface area (Å²) in [6.07, 6.45) is 0.573. The van der Waals surface area contributed by atoms with Gasteiger partial charge in [-0.15, -0.1) is 0 Å². The molecule has 0 aliphatic rings. The normalized spacial score (nSPS) is 10.8. The van der Waals surface area contributed by atoms with Gasteiger partial charge in [0, 0.05) is 29.7 Å². The minimum atomic E-state index is -0.0445. The summed E-state index contributed by atoms with van der Waals surface area (Å²) in [6.45, 7) is 0.848. The molecule has 1 aromatic heterocycles. The number of hydrogen-bond acceptors (Lipinski definition) is 2. The molecule has 4 nitrogen and oxygen atoms in total. The van der Waals surface area contributed by atoms with Gasteiger partial charge in [0.15, 0.2) is 0 Å².